The standard InChI is InChI=1S/C21H41NO3.ClH/c1-2-3-4-5-6-7-8-9-10-11-12-13-14-15-18-25-21(24)17-16-20(23)19-22;/h2-19,22H2,1H3;1H. The Balaban J connectivity index is 0. The van der Waals surface area contributed by atoms with Crippen molar-refractivity contribution in [2.45, 2.75) is 110 Å². The molecule has 0 fully saturated rings. The van der Waals surface area contributed by atoms with Crippen LogP contribution >= 0.6 is 12.4 Å². The molecular formula is C21H42ClNO3. The number of hydrogen-bond acceptors (Lipinski definition) is 4. The van der Waals surface area contributed by atoms with Crippen LogP contribution in [-0.2, 0) is 14.3 Å². The van der Waals surface area contributed by atoms with Gasteiger partial charge in [-0.2, -0.15) is 0 Å². The second kappa shape index (κ2) is 22.4. The minimum absolute atomic E-state index is 0. The summed E-state index contributed by atoms with van der Waals surface area (Å²) in [6, 6.07) is 0. The van der Waals surface area contributed by atoms with E-state index in [-0.39, 0.29) is 43.5 Å². The summed E-state index contributed by atoms with van der Waals surface area (Å²) in [7, 11) is 0. The molecule has 2 N–H and O–H groups in total. The van der Waals surface area contributed by atoms with Crippen molar-refractivity contribution in [2.24, 2.45) is 5.73 Å². The molecule has 4 nitrogen and oxygen atoms in total. The highest BCUT2D eigenvalue weighted by molar-refractivity contribution is 5.85. The van der Waals surface area contributed by atoms with Gasteiger partial charge in [0.05, 0.1) is 19.6 Å². The number of unbranched alkanes of at least 4 members (excludes halogenated alkanes) is 13. The fraction of sp³-hybridized carbons (Fsp3) is 0.905. The van der Waals surface area contributed by atoms with E-state index in [9.17, 15) is 9.59 Å². The zero-order chi connectivity index (χ0) is 18.6. The molecular weight excluding hydrogens is 350 g/mol. The Kier molecular flexibility index (Phi) is 23.8. The summed E-state index contributed by atoms with van der Waals surface area (Å²) in [5.41, 5.74) is 5.19. The molecule has 0 radical (unpaired) electrons. The van der Waals surface area contributed by atoms with Crippen LogP contribution in [0.4, 0.5) is 0 Å². The third-order valence-corrected chi connectivity index (χ3v) is 4.60. The molecule has 0 spiro atoms. The van der Waals surface area contributed by atoms with E-state index in [1.165, 1.54) is 77.0 Å². The van der Waals surface area contributed by atoms with Crippen LogP contribution in [0.5, 0.6) is 0 Å². The predicted molar refractivity (Wildman–Crippen MR) is 112 cm³/mol. The molecule has 0 amide bonds. The number of carbonyl (C=O) groups is 2. The molecule has 26 heavy (non-hydrogen) atoms. The first-order valence-corrected chi connectivity index (χ1v) is 10.6. The Labute approximate surface area is 167 Å². The first-order valence-electron chi connectivity index (χ1n) is 10.6. The molecule has 0 aliphatic carbocycles. The molecule has 0 aliphatic rings. The van der Waals surface area contributed by atoms with Gasteiger partial charge in [-0.05, 0) is 6.42 Å². The molecule has 156 valence electrons. The summed E-state index contributed by atoms with van der Waals surface area (Å²) in [5.74, 6) is -0.370. The van der Waals surface area contributed by atoms with Crippen molar-refractivity contribution in [1.82, 2.24) is 0 Å². The van der Waals surface area contributed by atoms with E-state index in [0.717, 1.165) is 12.8 Å². The van der Waals surface area contributed by atoms with E-state index in [2.05, 4.69) is 6.92 Å². The lowest BCUT2D eigenvalue weighted by atomic mass is 10.0. The first-order chi connectivity index (χ1) is 12.2. The smallest absolute Gasteiger partial charge is 0.306 e. The van der Waals surface area contributed by atoms with Crippen LogP contribution in [0, 0.1) is 0 Å². The molecule has 0 heterocycles. The van der Waals surface area contributed by atoms with Gasteiger partial charge in [-0.1, -0.05) is 90.4 Å². The second-order valence-corrected chi connectivity index (χ2v) is 7.06. The Bertz CT molecular complexity index is 324. The number of hydrogen-bond donors (Lipinski definition) is 1. The zero-order valence-electron chi connectivity index (χ0n) is 16.9. The Morgan fingerprint density at radius 3 is 1.54 bits per heavy atom. The number of ketones is 1. The van der Waals surface area contributed by atoms with Gasteiger partial charge in [0.25, 0.3) is 0 Å². The zero-order valence-corrected chi connectivity index (χ0v) is 17.8. The Hall–Kier alpha value is -0.610. The van der Waals surface area contributed by atoms with Crippen LogP contribution in [0.15, 0.2) is 0 Å². The minimum Gasteiger partial charge on any atom is -0.466 e. The van der Waals surface area contributed by atoms with E-state index in [4.69, 9.17) is 10.5 Å². The van der Waals surface area contributed by atoms with Gasteiger partial charge in [-0.25, -0.2) is 0 Å². The molecule has 0 saturated heterocycles. The van der Waals surface area contributed by atoms with Gasteiger partial charge < -0.3 is 10.5 Å². The number of ether oxygens (including phenoxy) is 1. The largest absolute Gasteiger partial charge is 0.466 e. The number of nitrogens with two attached hydrogens (primary N) is 1. The fourth-order valence-electron chi connectivity index (χ4n) is 2.90. The Morgan fingerprint density at radius 2 is 1.12 bits per heavy atom. The lowest BCUT2D eigenvalue weighted by molar-refractivity contribution is -0.144. The van der Waals surface area contributed by atoms with Crippen molar-refractivity contribution < 1.29 is 14.3 Å². The van der Waals surface area contributed by atoms with Crippen molar-refractivity contribution in [3.05, 3.63) is 0 Å². The molecule has 0 bridgehead atoms. The van der Waals surface area contributed by atoms with Crippen molar-refractivity contribution in [2.75, 3.05) is 13.2 Å². The normalized spacial score (nSPS) is 10.4. The van der Waals surface area contributed by atoms with E-state index < -0.39 is 0 Å². The molecule has 0 aromatic heterocycles. The monoisotopic (exact) mass is 391 g/mol. The molecule has 0 aromatic rings. The maximum absolute atomic E-state index is 11.4. The molecule has 0 rings (SSSR count). The van der Waals surface area contributed by atoms with Crippen LogP contribution in [-0.4, -0.2) is 24.9 Å². The van der Waals surface area contributed by atoms with E-state index >= 15 is 0 Å². The first kappa shape index (κ1) is 27.6. The average molecular weight is 392 g/mol. The molecule has 0 aromatic carbocycles. The summed E-state index contributed by atoms with van der Waals surface area (Å²) in [6.45, 7) is 2.75. The lowest BCUT2D eigenvalue weighted by Gasteiger charge is -2.05. The summed E-state index contributed by atoms with van der Waals surface area (Å²) >= 11 is 0. The van der Waals surface area contributed by atoms with Crippen LogP contribution in [0.25, 0.3) is 0 Å². The number of rotatable bonds is 19. The molecule has 0 aliphatic heterocycles. The van der Waals surface area contributed by atoms with Gasteiger partial charge >= 0.3 is 5.97 Å². The van der Waals surface area contributed by atoms with Crippen LogP contribution in [0.3, 0.4) is 0 Å². The van der Waals surface area contributed by atoms with Gasteiger partial charge in [0.15, 0.2) is 0 Å². The lowest BCUT2D eigenvalue weighted by Crippen LogP contribution is -2.15. The van der Waals surface area contributed by atoms with Gasteiger partial charge in [0.1, 0.15) is 5.78 Å². The molecule has 0 saturated carbocycles. The maximum atomic E-state index is 11.4. The fourth-order valence-corrected chi connectivity index (χ4v) is 2.90. The minimum atomic E-state index is -0.281. The topological polar surface area (TPSA) is 69.4 Å². The third-order valence-electron chi connectivity index (χ3n) is 4.60. The van der Waals surface area contributed by atoms with E-state index in [0.29, 0.717) is 6.61 Å². The molecule has 0 unspecified atom stereocenters. The number of halogens is 1. The summed E-state index contributed by atoms with van der Waals surface area (Å²) in [6.07, 6.45) is 18.8. The number of Topliss-reactive ketones (excluding diaryl/α,β-unsaturated/α-hetero) is 1. The van der Waals surface area contributed by atoms with Crippen LogP contribution < -0.4 is 5.73 Å². The second-order valence-electron chi connectivity index (χ2n) is 7.06. The van der Waals surface area contributed by atoms with Gasteiger partial charge in [-0.15, -0.1) is 12.4 Å². The van der Waals surface area contributed by atoms with E-state index in [1.807, 2.05) is 0 Å². The Morgan fingerprint density at radius 1 is 0.692 bits per heavy atom. The van der Waals surface area contributed by atoms with Crippen molar-refractivity contribution >= 4 is 24.2 Å². The predicted octanol–water partition coefficient (Wildman–Crippen LogP) is 5.74. The quantitative estimate of drug-likeness (QED) is 0.225. The van der Waals surface area contributed by atoms with Crippen molar-refractivity contribution in [3.63, 3.8) is 0 Å². The van der Waals surface area contributed by atoms with Crippen molar-refractivity contribution in [1.29, 1.82) is 0 Å². The summed E-state index contributed by atoms with van der Waals surface area (Å²) in [5, 5.41) is 0. The third kappa shape index (κ3) is 21.4. The van der Waals surface area contributed by atoms with Crippen LogP contribution in [0.2, 0.25) is 0 Å². The highest BCUT2D eigenvalue weighted by Crippen LogP contribution is 2.13. The van der Waals surface area contributed by atoms with Crippen LogP contribution in [0.1, 0.15) is 110 Å². The van der Waals surface area contributed by atoms with E-state index in [1.54, 1.807) is 0 Å². The summed E-state index contributed by atoms with van der Waals surface area (Å²) in [4.78, 5) is 22.4. The highest BCUT2D eigenvalue weighted by atomic mass is 35.5. The maximum Gasteiger partial charge on any atom is 0.306 e. The average Bonchev–Trinajstić information content (AvgIpc) is 2.62. The number of carbonyl (C=O) groups excluding carboxylic acids is 2. The SMILES string of the molecule is CCCCCCCCCCCCCCCCOC(=O)CCC(=O)CN.Cl. The summed E-state index contributed by atoms with van der Waals surface area (Å²) < 4.78 is 5.11. The van der Waals surface area contributed by atoms with Crippen molar-refractivity contribution in [3.8, 4) is 0 Å². The van der Waals surface area contributed by atoms with Gasteiger partial charge in [-0.3, -0.25) is 9.59 Å². The highest BCUT2D eigenvalue weighted by Gasteiger charge is 2.06. The van der Waals surface area contributed by atoms with Gasteiger partial charge in [0.2, 0.25) is 0 Å². The number of esters is 1. The molecule has 0 atom stereocenters. The van der Waals surface area contributed by atoms with Gasteiger partial charge in [0, 0.05) is 6.42 Å². The molecule has 5 heteroatoms.